The standard InChI is InChI=1S/C9H10FO/c1-2-7-11-9-5-3-8(10)4-6-9/h3,5-6H,2,7H2,1H3. The molecule has 59 valence electrons. The van der Waals surface area contributed by atoms with Crippen LogP contribution < -0.4 is 4.74 Å². The fourth-order valence-electron chi connectivity index (χ4n) is 0.701. The molecule has 1 aromatic carbocycles. The molecule has 0 aliphatic carbocycles. The number of rotatable bonds is 3. The molecular weight excluding hydrogens is 143 g/mol. The zero-order valence-electron chi connectivity index (χ0n) is 6.43. The Labute approximate surface area is 65.8 Å². The molecule has 1 radical (unpaired) electrons. The summed E-state index contributed by atoms with van der Waals surface area (Å²) in [5, 5.41) is 0. The summed E-state index contributed by atoms with van der Waals surface area (Å²) in [7, 11) is 0. The van der Waals surface area contributed by atoms with Gasteiger partial charge in [0.2, 0.25) is 0 Å². The van der Waals surface area contributed by atoms with E-state index >= 15 is 0 Å². The van der Waals surface area contributed by atoms with Crippen LogP contribution in [-0.2, 0) is 0 Å². The summed E-state index contributed by atoms with van der Waals surface area (Å²) in [6.07, 6.45) is 0.956. The Morgan fingerprint density at radius 2 is 2.36 bits per heavy atom. The molecule has 11 heavy (non-hydrogen) atoms. The summed E-state index contributed by atoms with van der Waals surface area (Å²) in [5.74, 6) is 0.321. The molecule has 0 saturated carbocycles. The molecule has 0 aliphatic rings. The average Bonchev–Trinajstić information content (AvgIpc) is 2.04. The quantitative estimate of drug-likeness (QED) is 0.648. The fraction of sp³-hybridized carbons (Fsp3) is 0.333. The van der Waals surface area contributed by atoms with Crippen LogP contribution in [0.5, 0.6) is 5.75 Å². The maximum Gasteiger partial charge on any atom is 0.131 e. The maximum atomic E-state index is 12.3. The van der Waals surface area contributed by atoms with Crippen molar-refractivity contribution in [3.05, 3.63) is 30.1 Å². The van der Waals surface area contributed by atoms with Crippen molar-refractivity contribution >= 4 is 0 Å². The molecule has 0 amide bonds. The summed E-state index contributed by atoms with van der Waals surface area (Å²) in [6, 6.07) is 6.86. The van der Waals surface area contributed by atoms with Gasteiger partial charge in [-0.15, -0.1) is 0 Å². The topological polar surface area (TPSA) is 9.23 Å². The maximum absolute atomic E-state index is 12.3. The minimum Gasteiger partial charge on any atom is -0.494 e. The Hall–Kier alpha value is -1.05. The molecule has 0 fully saturated rings. The molecule has 1 rings (SSSR count). The molecule has 0 saturated heterocycles. The van der Waals surface area contributed by atoms with Crippen LogP contribution in [0.3, 0.4) is 0 Å². The van der Waals surface area contributed by atoms with E-state index in [9.17, 15) is 4.39 Å². The van der Waals surface area contributed by atoms with E-state index in [4.69, 9.17) is 4.74 Å². The third kappa shape index (κ3) is 2.58. The molecular formula is C9H10FO. The van der Waals surface area contributed by atoms with Gasteiger partial charge in [0.05, 0.1) is 6.61 Å². The highest BCUT2D eigenvalue weighted by atomic mass is 19.1. The highest BCUT2D eigenvalue weighted by Crippen LogP contribution is 2.10. The first-order valence-electron chi connectivity index (χ1n) is 3.63. The van der Waals surface area contributed by atoms with Crippen LogP contribution in [-0.4, -0.2) is 6.61 Å². The number of hydrogen-bond donors (Lipinski definition) is 0. The summed E-state index contributed by atoms with van der Waals surface area (Å²) < 4.78 is 17.5. The van der Waals surface area contributed by atoms with Crippen molar-refractivity contribution in [3.63, 3.8) is 0 Å². The van der Waals surface area contributed by atoms with Gasteiger partial charge in [-0.25, -0.2) is 4.39 Å². The van der Waals surface area contributed by atoms with Crippen LogP contribution in [0.15, 0.2) is 18.2 Å². The van der Waals surface area contributed by atoms with Gasteiger partial charge in [-0.3, -0.25) is 0 Å². The second-order valence-corrected chi connectivity index (χ2v) is 2.22. The van der Waals surface area contributed by atoms with Crippen molar-refractivity contribution < 1.29 is 9.13 Å². The lowest BCUT2D eigenvalue weighted by Gasteiger charge is -2.02. The minimum absolute atomic E-state index is 0.353. The summed E-state index contributed by atoms with van der Waals surface area (Å²) in [6.45, 7) is 2.69. The first-order chi connectivity index (χ1) is 5.33. The van der Waals surface area contributed by atoms with E-state index in [1.807, 2.05) is 6.92 Å². The minimum atomic E-state index is -0.353. The highest BCUT2D eigenvalue weighted by molar-refractivity contribution is 5.20. The molecule has 1 nitrogen and oxygen atoms in total. The van der Waals surface area contributed by atoms with Crippen LogP contribution in [0.25, 0.3) is 0 Å². The monoisotopic (exact) mass is 153 g/mol. The number of hydrogen-bond acceptors (Lipinski definition) is 1. The second-order valence-electron chi connectivity index (χ2n) is 2.22. The Kier molecular flexibility index (Phi) is 2.90. The predicted molar refractivity (Wildman–Crippen MR) is 41.0 cm³/mol. The first kappa shape index (κ1) is 8.05. The van der Waals surface area contributed by atoms with Crippen LogP contribution in [0.1, 0.15) is 13.3 Å². The van der Waals surface area contributed by atoms with Gasteiger partial charge in [-0.05, 0) is 24.6 Å². The van der Waals surface area contributed by atoms with Gasteiger partial charge < -0.3 is 4.74 Å². The van der Waals surface area contributed by atoms with Crippen molar-refractivity contribution in [1.29, 1.82) is 0 Å². The van der Waals surface area contributed by atoms with Crippen molar-refractivity contribution in [1.82, 2.24) is 0 Å². The molecule has 0 atom stereocenters. The Balaban J connectivity index is 2.52. The summed E-state index contributed by atoms with van der Waals surface area (Å²) >= 11 is 0. The van der Waals surface area contributed by atoms with E-state index < -0.39 is 0 Å². The lowest BCUT2D eigenvalue weighted by atomic mass is 10.3. The van der Waals surface area contributed by atoms with E-state index in [0.29, 0.717) is 12.4 Å². The fourth-order valence-corrected chi connectivity index (χ4v) is 0.701. The Morgan fingerprint density at radius 1 is 1.55 bits per heavy atom. The first-order valence-corrected chi connectivity index (χ1v) is 3.63. The predicted octanol–water partition coefficient (Wildman–Crippen LogP) is 2.41. The van der Waals surface area contributed by atoms with E-state index in [2.05, 4.69) is 6.07 Å². The summed E-state index contributed by atoms with van der Waals surface area (Å²) in [4.78, 5) is 0. The van der Waals surface area contributed by atoms with Gasteiger partial charge >= 0.3 is 0 Å². The molecule has 0 spiro atoms. The zero-order valence-corrected chi connectivity index (χ0v) is 6.43. The second kappa shape index (κ2) is 3.96. The molecule has 0 aromatic heterocycles. The molecule has 0 heterocycles. The van der Waals surface area contributed by atoms with E-state index in [1.54, 1.807) is 6.07 Å². The molecule has 0 bridgehead atoms. The SMILES string of the molecule is CCCOc1c[c]c(F)cc1. The van der Waals surface area contributed by atoms with Gasteiger partial charge in [-0.2, -0.15) is 0 Å². The molecule has 0 unspecified atom stereocenters. The lowest BCUT2D eigenvalue weighted by Crippen LogP contribution is -1.94. The zero-order chi connectivity index (χ0) is 8.10. The van der Waals surface area contributed by atoms with E-state index in [0.717, 1.165) is 6.42 Å². The van der Waals surface area contributed by atoms with Gasteiger partial charge in [0.25, 0.3) is 0 Å². The number of halogens is 1. The van der Waals surface area contributed by atoms with Crippen LogP contribution >= 0.6 is 0 Å². The highest BCUT2D eigenvalue weighted by Gasteiger charge is 1.92. The van der Waals surface area contributed by atoms with Crippen molar-refractivity contribution in [2.75, 3.05) is 6.61 Å². The van der Waals surface area contributed by atoms with Crippen LogP contribution in [0, 0.1) is 11.9 Å². The third-order valence-electron chi connectivity index (χ3n) is 1.22. The number of benzene rings is 1. The smallest absolute Gasteiger partial charge is 0.131 e. The largest absolute Gasteiger partial charge is 0.494 e. The van der Waals surface area contributed by atoms with Gasteiger partial charge in [0, 0.05) is 6.07 Å². The Bertz CT molecular complexity index is 205. The van der Waals surface area contributed by atoms with E-state index in [-0.39, 0.29) is 5.82 Å². The van der Waals surface area contributed by atoms with Crippen LogP contribution in [0.4, 0.5) is 4.39 Å². The summed E-state index contributed by atoms with van der Waals surface area (Å²) in [5.41, 5.74) is 0. The van der Waals surface area contributed by atoms with Gasteiger partial charge in [0.1, 0.15) is 11.6 Å². The average molecular weight is 153 g/mol. The molecule has 1 aromatic rings. The van der Waals surface area contributed by atoms with E-state index in [1.165, 1.54) is 12.1 Å². The molecule has 2 heteroatoms. The third-order valence-corrected chi connectivity index (χ3v) is 1.22. The van der Waals surface area contributed by atoms with Gasteiger partial charge in [-0.1, -0.05) is 6.92 Å². The van der Waals surface area contributed by atoms with Crippen molar-refractivity contribution in [3.8, 4) is 5.75 Å². The van der Waals surface area contributed by atoms with Gasteiger partial charge in [0.15, 0.2) is 0 Å². The normalized spacial score (nSPS) is 9.64. The Morgan fingerprint density at radius 3 is 2.91 bits per heavy atom. The molecule has 0 N–H and O–H groups in total. The number of ether oxygens (including phenoxy) is 1. The van der Waals surface area contributed by atoms with Crippen LogP contribution in [0.2, 0.25) is 0 Å². The van der Waals surface area contributed by atoms with Crippen molar-refractivity contribution in [2.45, 2.75) is 13.3 Å². The molecule has 0 aliphatic heterocycles. The van der Waals surface area contributed by atoms with Crippen molar-refractivity contribution in [2.24, 2.45) is 0 Å². The lowest BCUT2D eigenvalue weighted by molar-refractivity contribution is 0.317.